The molecule has 0 bridgehead atoms. The van der Waals surface area contributed by atoms with Gasteiger partial charge in [0.15, 0.2) is 0 Å². The monoisotopic (exact) mass is 231 g/mol. The third kappa shape index (κ3) is 5.06. The zero-order valence-electron chi connectivity index (χ0n) is 9.10. The SMILES string of the molecule is CC(C)COCCOc1nnc(CN)s1. The van der Waals surface area contributed by atoms with Gasteiger partial charge in [-0.25, -0.2) is 0 Å². The van der Waals surface area contributed by atoms with Gasteiger partial charge >= 0.3 is 0 Å². The van der Waals surface area contributed by atoms with Crippen molar-refractivity contribution in [2.24, 2.45) is 11.7 Å². The van der Waals surface area contributed by atoms with Gasteiger partial charge in [-0.05, 0) is 5.92 Å². The van der Waals surface area contributed by atoms with Crippen molar-refractivity contribution in [3.8, 4) is 5.19 Å². The summed E-state index contributed by atoms with van der Waals surface area (Å²) in [5, 5.41) is 9.01. The first-order valence-corrected chi connectivity index (χ1v) is 5.77. The molecule has 0 saturated carbocycles. The van der Waals surface area contributed by atoms with Crippen molar-refractivity contribution < 1.29 is 9.47 Å². The van der Waals surface area contributed by atoms with Gasteiger partial charge in [-0.1, -0.05) is 25.2 Å². The van der Waals surface area contributed by atoms with Crippen LogP contribution in [0.1, 0.15) is 18.9 Å². The molecule has 0 unspecified atom stereocenters. The maximum Gasteiger partial charge on any atom is 0.294 e. The molecule has 0 amide bonds. The Morgan fingerprint density at radius 3 is 2.73 bits per heavy atom. The molecular formula is C9H17N3O2S. The van der Waals surface area contributed by atoms with E-state index >= 15 is 0 Å². The third-order valence-electron chi connectivity index (χ3n) is 1.53. The van der Waals surface area contributed by atoms with Crippen molar-refractivity contribution in [2.75, 3.05) is 19.8 Å². The summed E-state index contributed by atoms with van der Waals surface area (Å²) in [6, 6.07) is 0. The van der Waals surface area contributed by atoms with Crippen LogP contribution >= 0.6 is 11.3 Å². The van der Waals surface area contributed by atoms with Gasteiger partial charge in [-0.2, -0.15) is 0 Å². The Morgan fingerprint density at radius 2 is 2.13 bits per heavy atom. The Kier molecular flexibility index (Phi) is 5.52. The highest BCUT2D eigenvalue weighted by Gasteiger charge is 2.02. The van der Waals surface area contributed by atoms with E-state index < -0.39 is 0 Å². The summed E-state index contributed by atoms with van der Waals surface area (Å²) in [7, 11) is 0. The highest BCUT2D eigenvalue weighted by atomic mass is 32.1. The lowest BCUT2D eigenvalue weighted by molar-refractivity contribution is 0.0816. The summed E-state index contributed by atoms with van der Waals surface area (Å²) >= 11 is 1.37. The molecule has 0 spiro atoms. The molecular weight excluding hydrogens is 214 g/mol. The van der Waals surface area contributed by atoms with E-state index in [4.69, 9.17) is 15.2 Å². The van der Waals surface area contributed by atoms with Gasteiger partial charge < -0.3 is 15.2 Å². The van der Waals surface area contributed by atoms with Gasteiger partial charge in [0.25, 0.3) is 5.19 Å². The van der Waals surface area contributed by atoms with Gasteiger partial charge in [0.05, 0.1) is 6.61 Å². The van der Waals surface area contributed by atoms with Crippen LogP contribution in [0.15, 0.2) is 0 Å². The average molecular weight is 231 g/mol. The Bertz CT molecular complexity index is 278. The van der Waals surface area contributed by atoms with Crippen LogP contribution in [-0.2, 0) is 11.3 Å². The molecule has 2 N–H and O–H groups in total. The lowest BCUT2D eigenvalue weighted by Gasteiger charge is -2.06. The maximum absolute atomic E-state index is 5.40. The summed E-state index contributed by atoms with van der Waals surface area (Å²) in [5.41, 5.74) is 5.40. The fourth-order valence-corrected chi connectivity index (χ4v) is 1.48. The molecule has 1 rings (SSSR count). The molecule has 0 aliphatic rings. The van der Waals surface area contributed by atoms with Crippen LogP contribution in [0.25, 0.3) is 0 Å². The van der Waals surface area contributed by atoms with Gasteiger partial charge in [0, 0.05) is 13.2 Å². The second kappa shape index (κ2) is 6.71. The molecule has 0 aromatic carbocycles. The van der Waals surface area contributed by atoms with Crippen molar-refractivity contribution in [3.63, 3.8) is 0 Å². The van der Waals surface area contributed by atoms with Gasteiger partial charge in [-0.3, -0.25) is 0 Å². The molecule has 5 nitrogen and oxygen atoms in total. The molecule has 0 aliphatic carbocycles. The van der Waals surface area contributed by atoms with Gasteiger partial charge in [-0.15, -0.1) is 10.2 Å². The van der Waals surface area contributed by atoms with E-state index in [1.54, 1.807) is 0 Å². The molecule has 15 heavy (non-hydrogen) atoms. The Morgan fingerprint density at radius 1 is 1.33 bits per heavy atom. The Hall–Kier alpha value is -0.720. The molecule has 0 atom stereocenters. The van der Waals surface area contributed by atoms with E-state index in [-0.39, 0.29) is 0 Å². The Labute approximate surface area is 93.6 Å². The maximum atomic E-state index is 5.40. The van der Waals surface area contributed by atoms with Crippen LogP contribution in [0, 0.1) is 5.92 Å². The quantitative estimate of drug-likeness (QED) is 0.710. The normalized spacial score (nSPS) is 10.9. The standard InChI is InChI=1S/C9H17N3O2S/c1-7(2)6-13-3-4-14-9-12-11-8(5-10)15-9/h7H,3-6,10H2,1-2H3. The number of hydrogen-bond donors (Lipinski definition) is 1. The van der Waals surface area contributed by atoms with E-state index in [1.807, 2.05) is 0 Å². The second-order valence-electron chi connectivity index (χ2n) is 3.48. The van der Waals surface area contributed by atoms with Gasteiger partial charge in [0.2, 0.25) is 0 Å². The first-order valence-electron chi connectivity index (χ1n) is 4.95. The molecule has 0 radical (unpaired) electrons. The first kappa shape index (κ1) is 12.4. The Balaban J connectivity index is 2.09. The van der Waals surface area contributed by atoms with Gasteiger partial charge in [0.1, 0.15) is 11.6 Å². The van der Waals surface area contributed by atoms with Crippen LogP contribution < -0.4 is 10.5 Å². The largest absolute Gasteiger partial charge is 0.466 e. The van der Waals surface area contributed by atoms with Crippen LogP contribution in [0.5, 0.6) is 5.19 Å². The number of nitrogens with two attached hydrogens (primary N) is 1. The topological polar surface area (TPSA) is 70.3 Å². The summed E-state index contributed by atoms with van der Waals surface area (Å²) in [6.45, 7) is 6.47. The van der Waals surface area contributed by atoms with Crippen molar-refractivity contribution >= 4 is 11.3 Å². The molecule has 1 aromatic heterocycles. The zero-order chi connectivity index (χ0) is 11.1. The summed E-state index contributed by atoms with van der Waals surface area (Å²) in [6.07, 6.45) is 0. The smallest absolute Gasteiger partial charge is 0.294 e. The molecule has 6 heteroatoms. The molecule has 0 fully saturated rings. The first-order chi connectivity index (χ1) is 7.22. The van der Waals surface area contributed by atoms with E-state index in [9.17, 15) is 0 Å². The van der Waals surface area contributed by atoms with Crippen molar-refractivity contribution in [1.82, 2.24) is 10.2 Å². The number of nitrogens with zero attached hydrogens (tertiary/aromatic N) is 2. The van der Waals surface area contributed by atoms with Crippen LogP contribution in [0.2, 0.25) is 0 Å². The van der Waals surface area contributed by atoms with Crippen molar-refractivity contribution in [2.45, 2.75) is 20.4 Å². The molecule has 1 heterocycles. The average Bonchev–Trinajstić information content (AvgIpc) is 2.65. The van der Waals surface area contributed by atoms with E-state index in [0.29, 0.717) is 30.9 Å². The third-order valence-corrected chi connectivity index (χ3v) is 2.39. The van der Waals surface area contributed by atoms with E-state index in [0.717, 1.165) is 11.6 Å². The molecule has 1 aromatic rings. The summed E-state index contributed by atoms with van der Waals surface area (Å²) < 4.78 is 10.7. The van der Waals surface area contributed by atoms with E-state index in [2.05, 4.69) is 24.0 Å². The summed E-state index contributed by atoms with van der Waals surface area (Å²) in [5.74, 6) is 0.551. The predicted octanol–water partition coefficient (Wildman–Crippen LogP) is 1.05. The summed E-state index contributed by atoms with van der Waals surface area (Å²) in [4.78, 5) is 0. The van der Waals surface area contributed by atoms with E-state index in [1.165, 1.54) is 11.3 Å². The number of ether oxygens (including phenoxy) is 2. The zero-order valence-corrected chi connectivity index (χ0v) is 9.92. The highest BCUT2D eigenvalue weighted by molar-refractivity contribution is 7.13. The minimum atomic E-state index is 0.408. The molecule has 0 aliphatic heterocycles. The fraction of sp³-hybridized carbons (Fsp3) is 0.778. The lowest BCUT2D eigenvalue weighted by Crippen LogP contribution is -2.10. The van der Waals surface area contributed by atoms with Crippen LogP contribution in [0.3, 0.4) is 0 Å². The minimum Gasteiger partial charge on any atom is -0.466 e. The minimum absolute atomic E-state index is 0.408. The number of aromatic nitrogens is 2. The van der Waals surface area contributed by atoms with Crippen LogP contribution in [0.4, 0.5) is 0 Å². The van der Waals surface area contributed by atoms with Crippen LogP contribution in [-0.4, -0.2) is 30.0 Å². The predicted molar refractivity (Wildman–Crippen MR) is 59.0 cm³/mol. The van der Waals surface area contributed by atoms with Crippen molar-refractivity contribution in [3.05, 3.63) is 5.01 Å². The number of hydrogen-bond acceptors (Lipinski definition) is 6. The highest BCUT2D eigenvalue weighted by Crippen LogP contribution is 2.16. The number of rotatable bonds is 7. The molecule has 0 saturated heterocycles. The lowest BCUT2D eigenvalue weighted by atomic mass is 10.2. The second-order valence-corrected chi connectivity index (χ2v) is 4.51. The molecule has 86 valence electrons. The fourth-order valence-electron chi connectivity index (χ4n) is 0.886. The van der Waals surface area contributed by atoms with Crippen molar-refractivity contribution in [1.29, 1.82) is 0 Å².